The summed E-state index contributed by atoms with van der Waals surface area (Å²) in [6.45, 7) is 3.37. The predicted octanol–water partition coefficient (Wildman–Crippen LogP) is 1.97. The van der Waals surface area contributed by atoms with E-state index in [9.17, 15) is 14.7 Å². The van der Waals surface area contributed by atoms with Gasteiger partial charge in [0.25, 0.3) is 5.91 Å². The molecule has 5 nitrogen and oxygen atoms in total. The highest BCUT2D eigenvalue weighted by Gasteiger charge is 2.22. The quantitative estimate of drug-likeness (QED) is 0.717. The Balaban J connectivity index is 1.82. The lowest BCUT2D eigenvalue weighted by Crippen LogP contribution is -2.50. The van der Waals surface area contributed by atoms with Crippen LogP contribution in [0.5, 0.6) is 0 Å². The Hall–Kier alpha value is -2.18. The number of nitrogens with one attached hydrogen (secondary N) is 2. The van der Waals surface area contributed by atoms with Gasteiger partial charge in [-0.15, -0.1) is 11.3 Å². The monoisotopic (exact) mass is 346 g/mol. The average molecular weight is 346 g/mol. The van der Waals surface area contributed by atoms with Crippen LogP contribution in [0.4, 0.5) is 0 Å². The summed E-state index contributed by atoms with van der Waals surface area (Å²) in [6, 6.07) is 12.0. The standard InChI is InChI=1S/C18H22N2O3S/c1-12(15(21)11-14-7-4-3-5-8-14)19-17(22)13(2)20-18(23)16-9-6-10-24-16/h3-10,12-13,15,21H,11H2,1-2H3,(H,19,22)(H,20,23). The Labute approximate surface area is 145 Å². The van der Waals surface area contributed by atoms with Gasteiger partial charge in [0, 0.05) is 6.42 Å². The molecule has 0 saturated carbocycles. The molecular weight excluding hydrogens is 324 g/mol. The van der Waals surface area contributed by atoms with Crippen molar-refractivity contribution in [3.8, 4) is 0 Å². The second-order valence-electron chi connectivity index (χ2n) is 5.73. The van der Waals surface area contributed by atoms with Crippen molar-refractivity contribution in [3.05, 3.63) is 58.3 Å². The van der Waals surface area contributed by atoms with Crippen LogP contribution in [-0.2, 0) is 11.2 Å². The first kappa shape index (κ1) is 18.2. The van der Waals surface area contributed by atoms with Crippen LogP contribution in [0.3, 0.4) is 0 Å². The van der Waals surface area contributed by atoms with Crippen LogP contribution in [0, 0.1) is 0 Å². The van der Waals surface area contributed by atoms with Crippen LogP contribution in [0.2, 0.25) is 0 Å². The average Bonchev–Trinajstić information content (AvgIpc) is 3.10. The third-order valence-electron chi connectivity index (χ3n) is 3.72. The van der Waals surface area contributed by atoms with Gasteiger partial charge in [0.2, 0.25) is 5.91 Å². The molecule has 1 heterocycles. The van der Waals surface area contributed by atoms with E-state index < -0.39 is 18.2 Å². The zero-order valence-corrected chi connectivity index (χ0v) is 14.5. The van der Waals surface area contributed by atoms with E-state index in [0.29, 0.717) is 11.3 Å². The molecule has 0 aliphatic rings. The van der Waals surface area contributed by atoms with Crippen LogP contribution >= 0.6 is 11.3 Å². The van der Waals surface area contributed by atoms with Crippen LogP contribution in [-0.4, -0.2) is 35.1 Å². The number of carbonyl (C=O) groups excluding carboxylic acids is 2. The van der Waals surface area contributed by atoms with Gasteiger partial charge >= 0.3 is 0 Å². The Morgan fingerprint density at radius 1 is 1.08 bits per heavy atom. The molecule has 1 aromatic heterocycles. The van der Waals surface area contributed by atoms with Gasteiger partial charge < -0.3 is 15.7 Å². The van der Waals surface area contributed by atoms with Crippen molar-refractivity contribution in [2.75, 3.05) is 0 Å². The lowest BCUT2D eigenvalue weighted by atomic mass is 10.0. The first-order valence-electron chi connectivity index (χ1n) is 7.84. The largest absolute Gasteiger partial charge is 0.391 e. The van der Waals surface area contributed by atoms with Gasteiger partial charge in [0.1, 0.15) is 6.04 Å². The Bertz CT molecular complexity index is 658. The van der Waals surface area contributed by atoms with E-state index in [0.717, 1.165) is 5.56 Å². The molecule has 0 saturated heterocycles. The summed E-state index contributed by atoms with van der Waals surface area (Å²) in [7, 11) is 0. The normalized spacial score (nSPS) is 14.5. The predicted molar refractivity (Wildman–Crippen MR) is 95.0 cm³/mol. The minimum absolute atomic E-state index is 0.273. The minimum atomic E-state index is -0.698. The van der Waals surface area contributed by atoms with Crippen LogP contribution in [0.1, 0.15) is 29.1 Å². The van der Waals surface area contributed by atoms with E-state index in [-0.39, 0.29) is 11.8 Å². The Kier molecular flexibility index (Phi) is 6.52. The summed E-state index contributed by atoms with van der Waals surface area (Å²) in [4.78, 5) is 24.7. The highest BCUT2D eigenvalue weighted by Crippen LogP contribution is 2.09. The number of hydrogen-bond acceptors (Lipinski definition) is 4. The fraction of sp³-hybridized carbons (Fsp3) is 0.333. The van der Waals surface area contributed by atoms with Crippen molar-refractivity contribution in [1.82, 2.24) is 10.6 Å². The summed E-state index contributed by atoms with van der Waals surface area (Å²) in [5.74, 6) is -0.593. The number of hydrogen-bond donors (Lipinski definition) is 3. The zero-order chi connectivity index (χ0) is 17.5. The molecule has 0 fully saturated rings. The summed E-state index contributed by atoms with van der Waals surface area (Å²) in [5, 5.41) is 17.4. The second-order valence-corrected chi connectivity index (χ2v) is 6.67. The summed E-state index contributed by atoms with van der Waals surface area (Å²) < 4.78 is 0. The van der Waals surface area contributed by atoms with Crippen molar-refractivity contribution in [3.63, 3.8) is 0 Å². The number of benzene rings is 1. The summed E-state index contributed by atoms with van der Waals surface area (Å²) in [5.41, 5.74) is 1.00. The zero-order valence-electron chi connectivity index (χ0n) is 13.7. The maximum Gasteiger partial charge on any atom is 0.261 e. The molecule has 6 heteroatoms. The first-order valence-corrected chi connectivity index (χ1v) is 8.72. The van der Waals surface area contributed by atoms with E-state index in [4.69, 9.17) is 0 Å². The van der Waals surface area contributed by atoms with Crippen molar-refractivity contribution in [2.45, 2.75) is 38.5 Å². The SMILES string of the molecule is CC(NC(=O)c1cccs1)C(=O)NC(C)C(O)Cc1ccccc1. The fourth-order valence-corrected chi connectivity index (χ4v) is 2.85. The lowest BCUT2D eigenvalue weighted by Gasteiger charge is -2.22. The van der Waals surface area contributed by atoms with Gasteiger partial charge in [-0.05, 0) is 30.9 Å². The number of aliphatic hydroxyl groups is 1. The molecule has 3 N–H and O–H groups in total. The van der Waals surface area contributed by atoms with Gasteiger partial charge in [-0.25, -0.2) is 0 Å². The van der Waals surface area contributed by atoms with Gasteiger partial charge in [-0.3, -0.25) is 9.59 Å². The number of thiophene rings is 1. The minimum Gasteiger partial charge on any atom is -0.391 e. The fourth-order valence-electron chi connectivity index (χ4n) is 2.22. The molecule has 0 aliphatic heterocycles. The molecule has 0 radical (unpaired) electrons. The highest BCUT2D eigenvalue weighted by molar-refractivity contribution is 7.12. The molecule has 2 amide bonds. The van der Waals surface area contributed by atoms with Crippen molar-refractivity contribution >= 4 is 23.2 Å². The maximum atomic E-state index is 12.2. The molecule has 2 aromatic rings. The Morgan fingerprint density at radius 3 is 2.42 bits per heavy atom. The summed E-state index contributed by atoms with van der Waals surface area (Å²) >= 11 is 1.32. The molecule has 24 heavy (non-hydrogen) atoms. The lowest BCUT2D eigenvalue weighted by molar-refractivity contribution is -0.124. The van der Waals surface area contributed by atoms with Crippen molar-refractivity contribution < 1.29 is 14.7 Å². The highest BCUT2D eigenvalue weighted by atomic mass is 32.1. The molecule has 0 bridgehead atoms. The first-order chi connectivity index (χ1) is 11.5. The van der Waals surface area contributed by atoms with Crippen LogP contribution < -0.4 is 10.6 Å². The van der Waals surface area contributed by atoms with Gasteiger partial charge in [-0.1, -0.05) is 36.4 Å². The summed E-state index contributed by atoms with van der Waals surface area (Å²) in [6.07, 6.45) is -0.241. The van der Waals surface area contributed by atoms with E-state index >= 15 is 0 Å². The van der Waals surface area contributed by atoms with Crippen molar-refractivity contribution in [2.24, 2.45) is 0 Å². The number of rotatable bonds is 7. The molecule has 3 atom stereocenters. The smallest absolute Gasteiger partial charge is 0.261 e. The van der Waals surface area contributed by atoms with Crippen LogP contribution in [0.25, 0.3) is 0 Å². The number of carbonyl (C=O) groups is 2. The second kappa shape index (κ2) is 8.61. The topological polar surface area (TPSA) is 78.4 Å². The van der Waals surface area contributed by atoms with Crippen LogP contribution in [0.15, 0.2) is 47.8 Å². The van der Waals surface area contributed by atoms with E-state index in [2.05, 4.69) is 10.6 Å². The third kappa shape index (κ3) is 5.18. The maximum absolute atomic E-state index is 12.2. The molecular formula is C18H22N2O3S. The molecule has 2 rings (SSSR count). The molecule has 0 aliphatic carbocycles. The molecule has 0 spiro atoms. The van der Waals surface area contributed by atoms with Gasteiger partial charge in [0.05, 0.1) is 17.0 Å². The third-order valence-corrected chi connectivity index (χ3v) is 4.59. The number of amides is 2. The van der Waals surface area contributed by atoms with E-state index in [1.807, 2.05) is 35.7 Å². The Morgan fingerprint density at radius 2 is 1.79 bits per heavy atom. The number of aliphatic hydroxyl groups excluding tert-OH is 1. The molecule has 3 unspecified atom stereocenters. The molecule has 128 valence electrons. The van der Waals surface area contributed by atoms with Crippen molar-refractivity contribution in [1.29, 1.82) is 0 Å². The van der Waals surface area contributed by atoms with Gasteiger partial charge in [-0.2, -0.15) is 0 Å². The van der Waals surface area contributed by atoms with E-state index in [1.54, 1.807) is 26.0 Å². The van der Waals surface area contributed by atoms with Gasteiger partial charge in [0.15, 0.2) is 0 Å². The molecule has 1 aromatic carbocycles. The van der Waals surface area contributed by atoms with E-state index in [1.165, 1.54) is 11.3 Å².